The number of rotatable bonds is 9. The summed E-state index contributed by atoms with van der Waals surface area (Å²) >= 11 is 0. The summed E-state index contributed by atoms with van der Waals surface area (Å²) in [6.45, 7) is 8.94. The Hall–Kier alpha value is -2.37. The van der Waals surface area contributed by atoms with E-state index in [2.05, 4.69) is 13.8 Å². The molecule has 6 heteroatoms. The Morgan fingerprint density at radius 2 is 1.70 bits per heavy atom. The molecule has 0 spiro atoms. The number of carbonyl (C=O) groups is 1. The fourth-order valence-electron chi connectivity index (χ4n) is 4.62. The molecule has 1 aromatic carbocycles. The maximum Gasteiger partial charge on any atom is 0.346 e. The van der Waals surface area contributed by atoms with Gasteiger partial charge in [0.15, 0.2) is 0 Å². The predicted octanol–water partition coefficient (Wildman–Crippen LogP) is 4.04. The van der Waals surface area contributed by atoms with Crippen molar-refractivity contribution in [2.45, 2.75) is 78.3 Å². The zero-order chi connectivity index (χ0) is 21.5. The molecule has 0 aliphatic carbocycles. The molecule has 1 saturated heterocycles. The maximum absolute atomic E-state index is 13.0. The Morgan fingerprint density at radius 3 is 2.27 bits per heavy atom. The van der Waals surface area contributed by atoms with Crippen molar-refractivity contribution in [3.8, 4) is 0 Å². The van der Waals surface area contributed by atoms with Crippen molar-refractivity contribution in [1.82, 2.24) is 19.2 Å². The minimum atomic E-state index is -0.0409. The van der Waals surface area contributed by atoms with Crippen LogP contribution in [0.2, 0.25) is 0 Å². The summed E-state index contributed by atoms with van der Waals surface area (Å²) in [5, 5.41) is 4.73. The minimum absolute atomic E-state index is 0.0409. The molecule has 1 aliphatic rings. The first-order valence-electron chi connectivity index (χ1n) is 11.6. The van der Waals surface area contributed by atoms with Crippen molar-refractivity contribution in [1.29, 1.82) is 0 Å². The van der Waals surface area contributed by atoms with E-state index in [0.29, 0.717) is 19.0 Å². The highest BCUT2D eigenvalue weighted by Crippen LogP contribution is 2.28. The molecule has 30 heavy (non-hydrogen) atoms. The third-order valence-electron chi connectivity index (χ3n) is 6.24. The lowest BCUT2D eigenvalue weighted by Crippen LogP contribution is -2.41. The second kappa shape index (κ2) is 10.6. The molecule has 1 aliphatic heterocycles. The smallest absolute Gasteiger partial charge is 0.342 e. The van der Waals surface area contributed by atoms with Crippen LogP contribution in [0.3, 0.4) is 0 Å². The molecule has 2 aromatic rings. The summed E-state index contributed by atoms with van der Waals surface area (Å²) < 4.78 is 3.40. The molecular formula is C24H36N4O2. The molecule has 1 aromatic heterocycles. The summed E-state index contributed by atoms with van der Waals surface area (Å²) in [5.41, 5.74) is 1.03. The molecule has 0 bridgehead atoms. The van der Waals surface area contributed by atoms with Gasteiger partial charge in [-0.15, -0.1) is 0 Å². The molecule has 0 saturated carbocycles. The van der Waals surface area contributed by atoms with Crippen molar-refractivity contribution in [3.05, 3.63) is 52.2 Å². The summed E-state index contributed by atoms with van der Waals surface area (Å²) in [5.74, 6) is 1.59. The largest absolute Gasteiger partial charge is 0.346 e. The standard InChI is InChI=1S/C24H36N4O2/c1-4-10-21(11-5-2)23(29)26-16-14-20(15-17-26)22-25-28(24(30)27(22)6-3)18-19-12-8-7-9-13-19/h7-9,12-13,20-21H,4-6,10-11,14-18H2,1-3H3. The van der Waals surface area contributed by atoms with E-state index in [-0.39, 0.29) is 17.5 Å². The van der Waals surface area contributed by atoms with Gasteiger partial charge in [0.05, 0.1) is 6.54 Å². The number of nitrogens with zero attached hydrogens (tertiary/aromatic N) is 4. The summed E-state index contributed by atoms with van der Waals surface area (Å²) in [4.78, 5) is 27.9. The normalized spacial score (nSPS) is 15.1. The highest BCUT2D eigenvalue weighted by molar-refractivity contribution is 5.78. The number of hydrogen-bond donors (Lipinski definition) is 0. The molecule has 0 N–H and O–H groups in total. The van der Waals surface area contributed by atoms with Gasteiger partial charge >= 0.3 is 5.69 Å². The molecule has 2 heterocycles. The summed E-state index contributed by atoms with van der Waals surface area (Å²) in [6, 6.07) is 9.97. The van der Waals surface area contributed by atoms with Crippen LogP contribution in [0.15, 0.2) is 35.1 Å². The van der Waals surface area contributed by atoms with Crippen LogP contribution in [0.4, 0.5) is 0 Å². The van der Waals surface area contributed by atoms with Gasteiger partial charge < -0.3 is 4.90 Å². The maximum atomic E-state index is 13.0. The second-order valence-electron chi connectivity index (χ2n) is 8.40. The van der Waals surface area contributed by atoms with Gasteiger partial charge in [0, 0.05) is 31.5 Å². The van der Waals surface area contributed by atoms with Crippen LogP contribution < -0.4 is 5.69 Å². The second-order valence-corrected chi connectivity index (χ2v) is 8.40. The summed E-state index contributed by atoms with van der Waals surface area (Å²) in [6.07, 6.45) is 5.80. The molecule has 0 radical (unpaired) electrons. The van der Waals surface area contributed by atoms with Crippen LogP contribution in [-0.2, 0) is 17.9 Å². The van der Waals surface area contributed by atoms with Gasteiger partial charge in [-0.3, -0.25) is 9.36 Å². The molecule has 164 valence electrons. The van der Waals surface area contributed by atoms with Gasteiger partial charge in [0.1, 0.15) is 5.82 Å². The van der Waals surface area contributed by atoms with E-state index in [1.54, 1.807) is 4.68 Å². The number of carbonyl (C=O) groups excluding carboxylic acids is 1. The third kappa shape index (κ3) is 5.02. The van der Waals surface area contributed by atoms with Gasteiger partial charge in [0.25, 0.3) is 0 Å². The highest BCUT2D eigenvalue weighted by Gasteiger charge is 2.30. The van der Waals surface area contributed by atoms with Crippen LogP contribution in [0, 0.1) is 5.92 Å². The number of likely N-dealkylation sites (tertiary alicyclic amines) is 1. The van der Waals surface area contributed by atoms with E-state index in [9.17, 15) is 9.59 Å². The van der Waals surface area contributed by atoms with E-state index >= 15 is 0 Å². The van der Waals surface area contributed by atoms with Crippen molar-refractivity contribution < 1.29 is 4.79 Å². The molecular weight excluding hydrogens is 376 g/mol. The third-order valence-corrected chi connectivity index (χ3v) is 6.24. The van der Waals surface area contributed by atoms with Crippen LogP contribution in [0.25, 0.3) is 0 Å². The first kappa shape index (κ1) is 22.3. The van der Waals surface area contributed by atoms with Crippen molar-refractivity contribution >= 4 is 5.91 Å². The Labute approximate surface area is 179 Å². The zero-order valence-electron chi connectivity index (χ0n) is 18.7. The van der Waals surface area contributed by atoms with E-state index in [4.69, 9.17) is 5.10 Å². The quantitative estimate of drug-likeness (QED) is 0.625. The predicted molar refractivity (Wildman–Crippen MR) is 120 cm³/mol. The lowest BCUT2D eigenvalue weighted by molar-refractivity contribution is -0.137. The van der Waals surface area contributed by atoms with Crippen LogP contribution in [-0.4, -0.2) is 38.2 Å². The minimum Gasteiger partial charge on any atom is -0.342 e. The number of amides is 1. The van der Waals surface area contributed by atoms with Crippen LogP contribution >= 0.6 is 0 Å². The van der Waals surface area contributed by atoms with E-state index in [1.807, 2.05) is 46.7 Å². The lowest BCUT2D eigenvalue weighted by Gasteiger charge is -2.34. The topological polar surface area (TPSA) is 60.1 Å². The first-order valence-corrected chi connectivity index (χ1v) is 11.6. The molecule has 6 nitrogen and oxygen atoms in total. The van der Waals surface area contributed by atoms with Gasteiger partial charge in [-0.05, 0) is 38.2 Å². The number of piperidine rings is 1. The van der Waals surface area contributed by atoms with Gasteiger partial charge in [-0.1, -0.05) is 57.0 Å². The summed E-state index contributed by atoms with van der Waals surface area (Å²) in [7, 11) is 0. The number of hydrogen-bond acceptors (Lipinski definition) is 3. The van der Waals surface area contributed by atoms with Crippen LogP contribution in [0.1, 0.15) is 76.6 Å². The molecule has 1 fully saturated rings. The monoisotopic (exact) mass is 412 g/mol. The fourth-order valence-corrected chi connectivity index (χ4v) is 4.62. The molecule has 3 rings (SSSR count). The molecule has 0 unspecified atom stereocenters. The lowest BCUT2D eigenvalue weighted by atomic mass is 9.92. The van der Waals surface area contributed by atoms with E-state index in [0.717, 1.165) is 63.0 Å². The SMILES string of the molecule is CCCC(CCC)C(=O)N1CCC(c2nn(Cc3ccccc3)c(=O)n2CC)CC1. The zero-order valence-corrected chi connectivity index (χ0v) is 18.7. The Kier molecular flexibility index (Phi) is 7.88. The number of aromatic nitrogens is 3. The molecule has 0 atom stereocenters. The fraction of sp³-hybridized carbons (Fsp3) is 0.625. The Morgan fingerprint density at radius 1 is 1.07 bits per heavy atom. The van der Waals surface area contributed by atoms with Crippen molar-refractivity contribution in [3.63, 3.8) is 0 Å². The van der Waals surface area contributed by atoms with Crippen LogP contribution in [0.5, 0.6) is 0 Å². The van der Waals surface area contributed by atoms with Gasteiger partial charge in [-0.2, -0.15) is 5.10 Å². The average Bonchev–Trinajstić information content (AvgIpc) is 3.09. The van der Waals surface area contributed by atoms with E-state index in [1.165, 1.54) is 0 Å². The average molecular weight is 413 g/mol. The highest BCUT2D eigenvalue weighted by atomic mass is 16.2. The van der Waals surface area contributed by atoms with Gasteiger partial charge in [0.2, 0.25) is 5.91 Å². The van der Waals surface area contributed by atoms with Gasteiger partial charge in [-0.25, -0.2) is 9.48 Å². The van der Waals surface area contributed by atoms with E-state index < -0.39 is 0 Å². The Bertz CT molecular complexity index is 857. The first-order chi connectivity index (χ1) is 14.6. The Balaban J connectivity index is 1.70. The van der Waals surface area contributed by atoms with Crippen molar-refractivity contribution in [2.75, 3.05) is 13.1 Å². The van der Waals surface area contributed by atoms with Crippen molar-refractivity contribution in [2.24, 2.45) is 5.92 Å². The number of benzene rings is 1. The molecule has 1 amide bonds.